The molecule has 3 rings (SSSR count). The van der Waals surface area contributed by atoms with Gasteiger partial charge in [0.25, 0.3) is 0 Å². The Bertz CT molecular complexity index is 764. The molecule has 100 valence electrons. The average molecular weight is 266 g/mol. The predicted molar refractivity (Wildman–Crippen MR) is 78.1 cm³/mol. The number of phenolic OH excluding ortho intramolecular Hbond substituents is 1. The number of benzene rings is 2. The van der Waals surface area contributed by atoms with Crippen LogP contribution in [-0.4, -0.2) is 20.3 Å². The summed E-state index contributed by atoms with van der Waals surface area (Å²) in [5.41, 5.74) is 9.29. The number of nitrogens with zero attached hydrogens (tertiary/aromatic N) is 2. The third-order valence-electron chi connectivity index (χ3n) is 3.14. The van der Waals surface area contributed by atoms with Crippen molar-refractivity contribution in [2.45, 2.75) is 6.92 Å². The molecule has 0 aliphatic carbocycles. The highest BCUT2D eigenvalue weighted by molar-refractivity contribution is 5.66. The van der Waals surface area contributed by atoms with E-state index in [0.29, 0.717) is 11.6 Å². The lowest BCUT2D eigenvalue weighted by atomic mass is 10.1. The Labute approximate surface area is 116 Å². The van der Waals surface area contributed by atoms with Gasteiger partial charge in [-0.1, -0.05) is 24.3 Å². The van der Waals surface area contributed by atoms with Crippen LogP contribution in [0.2, 0.25) is 0 Å². The molecule has 1 aromatic heterocycles. The van der Waals surface area contributed by atoms with Crippen LogP contribution in [0.4, 0.5) is 5.69 Å². The van der Waals surface area contributed by atoms with E-state index in [2.05, 4.69) is 15.2 Å². The average Bonchev–Trinajstić information content (AvgIpc) is 2.92. The molecular weight excluding hydrogens is 252 g/mol. The standard InChI is InChI=1S/C15H14N4O/c1-9-5-6-11(8-13(9)16)15-17-14(18-19-15)10-3-2-4-12(20)7-10/h2-8,20H,16H2,1H3,(H,17,18,19). The van der Waals surface area contributed by atoms with E-state index in [0.717, 1.165) is 22.4 Å². The van der Waals surface area contributed by atoms with Crippen LogP contribution >= 0.6 is 0 Å². The van der Waals surface area contributed by atoms with Crippen LogP contribution in [0, 0.1) is 6.92 Å². The number of phenols is 1. The number of hydrogen-bond acceptors (Lipinski definition) is 4. The first kappa shape index (κ1) is 12.2. The Morgan fingerprint density at radius 3 is 2.70 bits per heavy atom. The Hall–Kier alpha value is -2.82. The molecule has 5 nitrogen and oxygen atoms in total. The highest BCUT2D eigenvalue weighted by Crippen LogP contribution is 2.24. The SMILES string of the molecule is Cc1ccc(-c2nc(-c3cccc(O)c3)n[nH]2)cc1N. The second-order valence-corrected chi connectivity index (χ2v) is 4.63. The van der Waals surface area contributed by atoms with Crippen molar-refractivity contribution in [2.24, 2.45) is 0 Å². The van der Waals surface area contributed by atoms with Crippen LogP contribution in [0.1, 0.15) is 5.56 Å². The molecule has 5 heteroatoms. The number of nitrogens with two attached hydrogens (primary N) is 1. The van der Waals surface area contributed by atoms with E-state index < -0.39 is 0 Å². The minimum absolute atomic E-state index is 0.188. The first-order valence-electron chi connectivity index (χ1n) is 6.22. The third-order valence-corrected chi connectivity index (χ3v) is 3.14. The molecular formula is C15H14N4O. The van der Waals surface area contributed by atoms with Gasteiger partial charge in [-0.25, -0.2) is 4.98 Å². The number of nitrogen functional groups attached to an aromatic ring is 1. The number of H-pyrrole nitrogens is 1. The number of aryl methyl sites for hydroxylation is 1. The fourth-order valence-electron chi connectivity index (χ4n) is 1.95. The summed E-state index contributed by atoms with van der Waals surface area (Å²) in [6.45, 7) is 1.96. The number of aromatic amines is 1. The smallest absolute Gasteiger partial charge is 0.181 e. The number of anilines is 1. The Morgan fingerprint density at radius 1 is 1.10 bits per heavy atom. The van der Waals surface area contributed by atoms with Gasteiger partial charge in [-0.05, 0) is 30.7 Å². The van der Waals surface area contributed by atoms with Gasteiger partial charge in [-0.15, -0.1) is 0 Å². The number of hydrogen-bond donors (Lipinski definition) is 3. The van der Waals surface area contributed by atoms with Crippen LogP contribution < -0.4 is 5.73 Å². The molecule has 0 saturated heterocycles. The van der Waals surface area contributed by atoms with Crippen molar-refractivity contribution in [3.05, 3.63) is 48.0 Å². The zero-order chi connectivity index (χ0) is 14.1. The van der Waals surface area contributed by atoms with Crippen LogP contribution in [-0.2, 0) is 0 Å². The summed E-state index contributed by atoms with van der Waals surface area (Å²) >= 11 is 0. The summed E-state index contributed by atoms with van der Waals surface area (Å²) in [5.74, 6) is 1.37. The first-order valence-corrected chi connectivity index (χ1v) is 6.22. The zero-order valence-corrected chi connectivity index (χ0v) is 11.0. The highest BCUT2D eigenvalue weighted by atomic mass is 16.3. The molecule has 0 unspecified atom stereocenters. The lowest BCUT2D eigenvalue weighted by Crippen LogP contribution is -1.90. The van der Waals surface area contributed by atoms with Gasteiger partial charge in [0.05, 0.1) is 0 Å². The summed E-state index contributed by atoms with van der Waals surface area (Å²) in [7, 11) is 0. The van der Waals surface area contributed by atoms with Crippen LogP contribution in [0.15, 0.2) is 42.5 Å². The van der Waals surface area contributed by atoms with E-state index in [-0.39, 0.29) is 5.75 Å². The quantitative estimate of drug-likeness (QED) is 0.622. The fraction of sp³-hybridized carbons (Fsp3) is 0.0667. The maximum atomic E-state index is 9.48. The molecule has 2 aromatic carbocycles. The summed E-state index contributed by atoms with van der Waals surface area (Å²) in [5, 5.41) is 16.5. The van der Waals surface area contributed by atoms with Crippen molar-refractivity contribution in [1.29, 1.82) is 0 Å². The van der Waals surface area contributed by atoms with Gasteiger partial charge in [0.15, 0.2) is 11.6 Å². The predicted octanol–water partition coefficient (Wildman–Crippen LogP) is 2.73. The van der Waals surface area contributed by atoms with Crippen molar-refractivity contribution in [3.8, 4) is 28.5 Å². The van der Waals surface area contributed by atoms with Gasteiger partial charge < -0.3 is 10.8 Å². The molecule has 0 amide bonds. The minimum atomic E-state index is 0.188. The molecule has 0 aliphatic rings. The van der Waals surface area contributed by atoms with E-state index in [1.807, 2.05) is 31.2 Å². The van der Waals surface area contributed by atoms with Crippen molar-refractivity contribution in [3.63, 3.8) is 0 Å². The summed E-state index contributed by atoms with van der Waals surface area (Å²) in [6.07, 6.45) is 0. The van der Waals surface area contributed by atoms with Crippen LogP contribution in [0.3, 0.4) is 0 Å². The molecule has 1 heterocycles. The van der Waals surface area contributed by atoms with Gasteiger partial charge in [-0.2, -0.15) is 5.10 Å². The number of aromatic nitrogens is 3. The zero-order valence-electron chi connectivity index (χ0n) is 11.0. The second kappa shape index (κ2) is 4.70. The number of rotatable bonds is 2. The van der Waals surface area contributed by atoms with E-state index in [1.165, 1.54) is 0 Å². The largest absolute Gasteiger partial charge is 0.508 e. The van der Waals surface area contributed by atoms with E-state index in [9.17, 15) is 5.11 Å². The molecule has 0 atom stereocenters. The summed E-state index contributed by atoms with van der Waals surface area (Å²) < 4.78 is 0. The highest BCUT2D eigenvalue weighted by Gasteiger charge is 2.09. The van der Waals surface area contributed by atoms with Crippen molar-refractivity contribution in [2.75, 3.05) is 5.73 Å². The molecule has 4 N–H and O–H groups in total. The van der Waals surface area contributed by atoms with Crippen molar-refractivity contribution < 1.29 is 5.11 Å². The Balaban J connectivity index is 1.99. The van der Waals surface area contributed by atoms with Gasteiger partial charge in [0.1, 0.15) is 5.75 Å². The summed E-state index contributed by atoms with van der Waals surface area (Å²) in [6, 6.07) is 12.6. The molecule has 0 saturated carbocycles. The van der Waals surface area contributed by atoms with Gasteiger partial charge in [0.2, 0.25) is 0 Å². The lowest BCUT2D eigenvalue weighted by molar-refractivity contribution is 0.475. The van der Waals surface area contributed by atoms with Gasteiger partial charge in [0, 0.05) is 16.8 Å². The Kier molecular flexibility index (Phi) is 2.87. The number of nitrogens with one attached hydrogen (secondary N) is 1. The van der Waals surface area contributed by atoms with Gasteiger partial charge in [-0.3, -0.25) is 5.10 Å². The Morgan fingerprint density at radius 2 is 1.95 bits per heavy atom. The maximum Gasteiger partial charge on any atom is 0.181 e. The van der Waals surface area contributed by atoms with E-state index >= 15 is 0 Å². The molecule has 0 spiro atoms. The molecule has 0 bridgehead atoms. The van der Waals surface area contributed by atoms with E-state index in [4.69, 9.17) is 5.73 Å². The maximum absolute atomic E-state index is 9.48. The first-order chi connectivity index (χ1) is 9.63. The lowest BCUT2D eigenvalue weighted by Gasteiger charge is -2.01. The molecule has 0 radical (unpaired) electrons. The van der Waals surface area contributed by atoms with Crippen LogP contribution in [0.25, 0.3) is 22.8 Å². The molecule has 0 fully saturated rings. The molecule has 0 aliphatic heterocycles. The third kappa shape index (κ3) is 2.21. The van der Waals surface area contributed by atoms with Gasteiger partial charge >= 0.3 is 0 Å². The monoisotopic (exact) mass is 266 g/mol. The molecule has 20 heavy (non-hydrogen) atoms. The molecule has 3 aromatic rings. The number of aromatic hydroxyl groups is 1. The van der Waals surface area contributed by atoms with Crippen LogP contribution in [0.5, 0.6) is 5.75 Å². The normalized spacial score (nSPS) is 10.7. The van der Waals surface area contributed by atoms with E-state index in [1.54, 1.807) is 18.2 Å². The van der Waals surface area contributed by atoms with Crippen molar-refractivity contribution in [1.82, 2.24) is 15.2 Å². The fourth-order valence-corrected chi connectivity index (χ4v) is 1.95. The topological polar surface area (TPSA) is 87.8 Å². The second-order valence-electron chi connectivity index (χ2n) is 4.63. The minimum Gasteiger partial charge on any atom is -0.508 e. The summed E-state index contributed by atoms with van der Waals surface area (Å²) in [4.78, 5) is 4.43. The van der Waals surface area contributed by atoms with Crippen molar-refractivity contribution >= 4 is 5.69 Å².